The van der Waals surface area contributed by atoms with Gasteiger partial charge >= 0.3 is 5.97 Å². The van der Waals surface area contributed by atoms with Crippen LogP contribution in [-0.2, 0) is 11.2 Å². The third-order valence-electron chi connectivity index (χ3n) is 3.94. The third-order valence-corrected chi connectivity index (χ3v) is 3.94. The highest BCUT2D eigenvalue weighted by atomic mass is 16.5. The maximum Gasteiger partial charge on any atom is 0.307 e. The first-order valence-corrected chi connectivity index (χ1v) is 8.01. The summed E-state index contributed by atoms with van der Waals surface area (Å²) in [6, 6.07) is 9.89. The molecule has 124 valence electrons. The van der Waals surface area contributed by atoms with Crippen LogP contribution >= 0.6 is 0 Å². The molecule has 0 saturated heterocycles. The Morgan fingerprint density at radius 2 is 1.87 bits per heavy atom. The molecule has 23 heavy (non-hydrogen) atoms. The quantitative estimate of drug-likeness (QED) is 0.835. The number of ether oxygens (including phenoxy) is 1. The Hall–Kier alpha value is -2.23. The molecular weight excluding hydrogens is 290 g/mol. The fraction of sp³-hybridized carbons (Fsp3) is 0.421. The highest BCUT2D eigenvalue weighted by Gasteiger charge is 2.13. The van der Waals surface area contributed by atoms with Crippen molar-refractivity contribution in [2.75, 3.05) is 6.61 Å². The minimum absolute atomic E-state index is 0.0517. The molecule has 0 aliphatic heterocycles. The van der Waals surface area contributed by atoms with Gasteiger partial charge in [0.05, 0.1) is 13.0 Å². The zero-order valence-corrected chi connectivity index (χ0v) is 14.3. The maximum absolute atomic E-state index is 10.9. The summed E-state index contributed by atoms with van der Waals surface area (Å²) in [7, 11) is 0. The number of benzene rings is 1. The highest BCUT2D eigenvalue weighted by Crippen LogP contribution is 2.23. The Morgan fingerprint density at radius 3 is 2.43 bits per heavy atom. The SMILES string of the molecule is Cc1cc(CC(=O)O)c(C)n1-c1ccc(OCCC(C)C)cc1. The summed E-state index contributed by atoms with van der Waals surface area (Å²) in [5.74, 6) is 0.689. The predicted molar refractivity (Wildman–Crippen MR) is 91.5 cm³/mol. The van der Waals surface area contributed by atoms with Crippen LogP contribution in [0, 0.1) is 19.8 Å². The number of carboxylic acid groups (broad SMARTS) is 1. The van der Waals surface area contributed by atoms with Gasteiger partial charge in [-0.2, -0.15) is 0 Å². The number of aryl methyl sites for hydroxylation is 1. The van der Waals surface area contributed by atoms with Crippen LogP contribution in [0.5, 0.6) is 5.75 Å². The van der Waals surface area contributed by atoms with E-state index in [-0.39, 0.29) is 6.42 Å². The average molecular weight is 315 g/mol. The number of aromatic nitrogens is 1. The Bertz CT molecular complexity index is 669. The highest BCUT2D eigenvalue weighted by molar-refractivity contribution is 5.71. The lowest BCUT2D eigenvalue weighted by Crippen LogP contribution is -2.04. The van der Waals surface area contributed by atoms with Gasteiger partial charge in [0, 0.05) is 17.1 Å². The van der Waals surface area contributed by atoms with E-state index in [2.05, 4.69) is 18.4 Å². The molecule has 1 aromatic heterocycles. The molecule has 2 aromatic rings. The summed E-state index contributed by atoms with van der Waals surface area (Å²) in [5, 5.41) is 8.99. The number of nitrogens with zero attached hydrogens (tertiary/aromatic N) is 1. The monoisotopic (exact) mass is 315 g/mol. The number of hydrogen-bond donors (Lipinski definition) is 1. The van der Waals surface area contributed by atoms with Crippen LogP contribution in [0.4, 0.5) is 0 Å². The van der Waals surface area contributed by atoms with Gasteiger partial charge in [0.2, 0.25) is 0 Å². The summed E-state index contributed by atoms with van der Waals surface area (Å²) >= 11 is 0. The van der Waals surface area contributed by atoms with E-state index in [1.807, 2.05) is 44.2 Å². The standard InChI is InChI=1S/C19H25NO3/c1-13(2)9-10-23-18-7-5-17(6-8-18)20-14(3)11-16(15(20)4)12-19(21)22/h5-8,11,13H,9-10,12H2,1-4H3,(H,21,22). The lowest BCUT2D eigenvalue weighted by molar-refractivity contribution is -0.136. The van der Waals surface area contributed by atoms with Gasteiger partial charge in [0.25, 0.3) is 0 Å². The summed E-state index contributed by atoms with van der Waals surface area (Å²) < 4.78 is 7.82. The first kappa shape index (κ1) is 17.1. The zero-order chi connectivity index (χ0) is 17.0. The molecule has 4 nitrogen and oxygen atoms in total. The van der Waals surface area contributed by atoms with Crippen molar-refractivity contribution in [3.63, 3.8) is 0 Å². The number of hydrogen-bond acceptors (Lipinski definition) is 2. The van der Waals surface area contributed by atoms with Crippen LogP contribution < -0.4 is 4.74 Å². The number of carboxylic acids is 1. The second-order valence-electron chi connectivity index (χ2n) is 6.33. The van der Waals surface area contributed by atoms with Crippen molar-refractivity contribution in [1.82, 2.24) is 4.57 Å². The fourth-order valence-electron chi connectivity index (χ4n) is 2.67. The maximum atomic E-state index is 10.9. The fourth-order valence-corrected chi connectivity index (χ4v) is 2.67. The second-order valence-corrected chi connectivity index (χ2v) is 6.33. The Morgan fingerprint density at radius 1 is 1.22 bits per heavy atom. The number of carbonyl (C=O) groups is 1. The van der Waals surface area contributed by atoms with Crippen molar-refractivity contribution in [2.45, 2.75) is 40.5 Å². The van der Waals surface area contributed by atoms with Crippen molar-refractivity contribution in [3.8, 4) is 11.4 Å². The van der Waals surface area contributed by atoms with Gasteiger partial charge in [-0.15, -0.1) is 0 Å². The topological polar surface area (TPSA) is 51.5 Å². The molecular formula is C19H25NO3. The van der Waals surface area contributed by atoms with Crippen LogP contribution in [-0.4, -0.2) is 22.2 Å². The van der Waals surface area contributed by atoms with E-state index in [9.17, 15) is 4.79 Å². The Kier molecular flexibility index (Phi) is 5.48. The molecule has 0 saturated carbocycles. The minimum atomic E-state index is -0.806. The molecule has 1 N–H and O–H groups in total. The molecule has 2 rings (SSSR count). The molecule has 0 bridgehead atoms. The summed E-state index contributed by atoms with van der Waals surface area (Å²) in [6.07, 6.45) is 1.09. The first-order chi connectivity index (χ1) is 10.9. The summed E-state index contributed by atoms with van der Waals surface area (Å²) in [4.78, 5) is 10.9. The molecule has 0 radical (unpaired) electrons. The van der Waals surface area contributed by atoms with Crippen molar-refractivity contribution >= 4 is 5.97 Å². The van der Waals surface area contributed by atoms with Crippen molar-refractivity contribution in [1.29, 1.82) is 0 Å². The first-order valence-electron chi connectivity index (χ1n) is 8.01. The van der Waals surface area contributed by atoms with Gasteiger partial charge in [-0.05, 0) is 62.1 Å². The van der Waals surface area contributed by atoms with E-state index in [4.69, 9.17) is 9.84 Å². The second kappa shape index (κ2) is 7.36. The Balaban J connectivity index is 2.16. The zero-order valence-electron chi connectivity index (χ0n) is 14.3. The Labute approximate surface area is 137 Å². The lowest BCUT2D eigenvalue weighted by atomic mass is 10.1. The van der Waals surface area contributed by atoms with Gasteiger partial charge in [0.15, 0.2) is 0 Å². The van der Waals surface area contributed by atoms with Crippen LogP contribution in [0.3, 0.4) is 0 Å². The van der Waals surface area contributed by atoms with Gasteiger partial charge in [-0.1, -0.05) is 13.8 Å². The molecule has 0 fully saturated rings. The van der Waals surface area contributed by atoms with Crippen molar-refractivity contribution in [2.24, 2.45) is 5.92 Å². The number of rotatable bonds is 7. The van der Waals surface area contributed by atoms with Crippen LogP contribution in [0.25, 0.3) is 5.69 Å². The van der Waals surface area contributed by atoms with Crippen molar-refractivity contribution < 1.29 is 14.6 Å². The van der Waals surface area contributed by atoms with E-state index in [1.54, 1.807) is 0 Å². The van der Waals surface area contributed by atoms with E-state index in [0.717, 1.165) is 41.4 Å². The number of aliphatic carboxylic acids is 1. The molecule has 0 aliphatic rings. The largest absolute Gasteiger partial charge is 0.494 e. The molecule has 0 aliphatic carbocycles. The summed E-state index contributed by atoms with van der Waals surface area (Å²) in [5.41, 5.74) is 3.88. The molecule has 0 unspecified atom stereocenters. The van der Waals surface area contributed by atoms with Crippen LogP contribution in [0.15, 0.2) is 30.3 Å². The normalized spacial score (nSPS) is 11.0. The predicted octanol–water partition coefficient (Wildman–Crippen LogP) is 4.15. The minimum Gasteiger partial charge on any atom is -0.494 e. The molecule has 1 aromatic carbocycles. The van der Waals surface area contributed by atoms with Crippen molar-refractivity contribution in [3.05, 3.63) is 47.3 Å². The molecule has 0 spiro atoms. The van der Waals surface area contributed by atoms with E-state index in [1.165, 1.54) is 0 Å². The molecule has 0 atom stereocenters. The van der Waals surface area contributed by atoms with Gasteiger partial charge in [-0.25, -0.2) is 0 Å². The van der Waals surface area contributed by atoms with E-state index in [0.29, 0.717) is 5.92 Å². The van der Waals surface area contributed by atoms with E-state index < -0.39 is 5.97 Å². The average Bonchev–Trinajstić information content (AvgIpc) is 2.73. The molecule has 0 amide bonds. The van der Waals surface area contributed by atoms with Crippen LogP contribution in [0.1, 0.15) is 37.2 Å². The molecule has 1 heterocycles. The van der Waals surface area contributed by atoms with Gasteiger partial charge < -0.3 is 14.4 Å². The van der Waals surface area contributed by atoms with Gasteiger partial charge in [-0.3, -0.25) is 4.79 Å². The summed E-state index contributed by atoms with van der Waals surface area (Å²) in [6.45, 7) is 9.03. The molecule has 4 heteroatoms. The lowest BCUT2D eigenvalue weighted by Gasteiger charge is -2.12. The smallest absolute Gasteiger partial charge is 0.307 e. The van der Waals surface area contributed by atoms with Gasteiger partial charge in [0.1, 0.15) is 5.75 Å². The van der Waals surface area contributed by atoms with Crippen LogP contribution in [0.2, 0.25) is 0 Å². The van der Waals surface area contributed by atoms with E-state index >= 15 is 0 Å². The third kappa shape index (κ3) is 4.38.